The van der Waals surface area contributed by atoms with E-state index in [0.29, 0.717) is 13.2 Å². The highest BCUT2D eigenvalue weighted by atomic mass is 32.1. The minimum atomic E-state index is -0.929. The SMILES string of the molecule is CCOCc1nc(-c2cccc(C(=O)O)c2)cs1. The van der Waals surface area contributed by atoms with Crippen LogP contribution >= 0.6 is 11.3 Å². The van der Waals surface area contributed by atoms with Crippen LogP contribution in [0.3, 0.4) is 0 Å². The number of aromatic nitrogens is 1. The summed E-state index contributed by atoms with van der Waals surface area (Å²) in [5.41, 5.74) is 1.87. The summed E-state index contributed by atoms with van der Waals surface area (Å²) < 4.78 is 5.28. The highest BCUT2D eigenvalue weighted by Gasteiger charge is 2.08. The maximum Gasteiger partial charge on any atom is 0.335 e. The molecule has 1 aromatic carbocycles. The molecule has 94 valence electrons. The topological polar surface area (TPSA) is 59.4 Å². The summed E-state index contributed by atoms with van der Waals surface area (Å²) in [6.45, 7) is 3.09. The molecule has 0 atom stereocenters. The Kier molecular flexibility index (Phi) is 4.07. The van der Waals surface area contributed by atoms with Crippen LogP contribution in [0.2, 0.25) is 0 Å². The third kappa shape index (κ3) is 2.94. The Morgan fingerprint density at radius 2 is 2.33 bits per heavy atom. The van der Waals surface area contributed by atoms with Crippen LogP contribution in [0.5, 0.6) is 0 Å². The van der Waals surface area contributed by atoms with Gasteiger partial charge in [0.2, 0.25) is 0 Å². The maximum atomic E-state index is 10.9. The predicted molar refractivity (Wildman–Crippen MR) is 69.8 cm³/mol. The van der Waals surface area contributed by atoms with Gasteiger partial charge >= 0.3 is 5.97 Å². The largest absolute Gasteiger partial charge is 0.478 e. The molecule has 0 saturated carbocycles. The van der Waals surface area contributed by atoms with E-state index >= 15 is 0 Å². The first kappa shape index (κ1) is 12.7. The zero-order valence-electron chi connectivity index (χ0n) is 9.92. The molecule has 4 nitrogen and oxygen atoms in total. The zero-order chi connectivity index (χ0) is 13.0. The molecule has 2 aromatic rings. The van der Waals surface area contributed by atoms with Gasteiger partial charge in [-0.3, -0.25) is 0 Å². The lowest BCUT2D eigenvalue weighted by Crippen LogP contribution is -1.96. The number of carboxylic acids is 1. The van der Waals surface area contributed by atoms with Crippen molar-refractivity contribution in [1.29, 1.82) is 0 Å². The van der Waals surface area contributed by atoms with E-state index in [1.807, 2.05) is 18.4 Å². The molecule has 5 heteroatoms. The third-order valence-corrected chi connectivity index (χ3v) is 3.21. The molecule has 0 aliphatic rings. The van der Waals surface area contributed by atoms with E-state index in [1.54, 1.807) is 18.2 Å². The number of hydrogen-bond acceptors (Lipinski definition) is 4. The van der Waals surface area contributed by atoms with Crippen molar-refractivity contribution in [3.63, 3.8) is 0 Å². The summed E-state index contributed by atoms with van der Waals surface area (Å²) in [4.78, 5) is 15.3. The summed E-state index contributed by atoms with van der Waals surface area (Å²) in [6, 6.07) is 6.77. The smallest absolute Gasteiger partial charge is 0.335 e. The van der Waals surface area contributed by atoms with Crippen molar-refractivity contribution >= 4 is 17.3 Å². The van der Waals surface area contributed by atoms with E-state index in [2.05, 4.69) is 4.98 Å². The van der Waals surface area contributed by atoms with E-state index in [1.165, 1.54) is 11.3 Å². The second-order valence-electron chi connectivity index (χ2n) is 3.65. The highest BCUT2D eigenvalue weighted by molar-refractivity contribution is 7.09. The molecular formula is C13H13NO3S. The molecule has 1 N–H and O–H groups in total. The number of aromatic carboxylic acids is 1. The van der Waals surface area contributed by atoms with Gasteiger partial charge in [0, 0.05) is 17.6 Å². The van der Waals surface area contributed by atoms with Gasteiger partial charge in [-0.1, -0.05) is 12.1 Å². The van der Waals surface area contributed by atoms with Gasteiger partial charge < -0.3 is 9.84 Å². The van der Waals surface area contributed by atoms with Gasteiger partial charge in [0.15, 0.2) is 0 Å². The zero-order valence-corrected chi connectivity index (χ0v) is 10.7. The molecule has 0 radical (unpaired) electrons. The Labute approximate surface area is 109 Å². The molecule has 0 saturated heterocycles. The number of ether oxygens (including phenoxy) is 1. The fourth-order valence-corrected chi connectivity index (χ4v) is 2.25. The lowest BCUT2D eigenvalue weighted by Gasteiger charge is -1.99. The van der Waals surface area contributed by atoms with Gasteiger partial charge in [-0.15, -0.1) is 11.3 Å². The molecule has 0 unspecified atom stereocenters. The van der Waals surface area contributed by atoms with Gasteiger partial charge in [-0.2, -0.15) is 0 Å². The van der Waals surface area contributed by atoms with E-state index in [4.69, 9.17) is 9.84 Å². The average Bonchev–Trinajstić information content (AvgIpc) is 2.85. The van der Waals surface area contributed by atoms with Crippen LogP contribution in [0.25, 0.3) is 11.3 Å². The Morgan fingerprint density at radius 3 is 3.06 bits per heavy atom. The van der Waals surface area contributed by atoms with Crippen molar-refractivity contribution in [3.05, 3.63) is 40.2 Å². The average molecular weight is 263 g/mol. The highest BCUT2D eigenvalue weighted by Crippen LogP contribution is 2.23. The number of benzene rings is 1. The fourth-order valence-electron chi connectivity index (χ4n) is 1.51. The van der Waals surface area contributed by atoms with Crippen molar-refractivity contribution in [1.82, 2.24) is 4.98 Å². The predicted octanol–water partition coefficient (Wildman–Crippen LogP) is 3.04. The third-order valence-electron chi connectivity index (χ3n) is 2.39. The quantitative estimate of drug-likeness (QED) is 0.900. The lowest BCUT2D eigenvalue weighted by molar-refractivity contribution is 0.0697. The van der Waals surface area contributed by atoms with Gasteiger partial charge in [0.1, 0.15) is 5.01 Å². The lowest BCUT2D eigenvalue weighted by atomic mass is 10.1. The number of thiazole rings is 1. The fraction of sp³-hybridized carbons (Fsp3) is 0.231. The summed E-state index contributed by atoms with van der Waals surface area (Å²) in [7, 11) is 0. The van der Waals surface area contributed by atoms with Gasteiger partial charge in [-0.05, 0) is 19.1 Å². The molecule has 0 amide bonds. The summed E-state index contributed by atoms with van der Waals surface area (Å²) in [5.74, 6) is -0.929. The van der Waals surface area contributed by atoms with Crippen LogP contribution in [0.1, 0.15) is 22.3 Å². The van der Waals surface area contributed by atoms with Gasteiger partial charge in [0.05, 0.1) is 17.9 Å². The maximum absolute atomic E-state index is 10.9. The van der Waals surface area contributed by atoms with Crippen molar-refractivity contribution in [2.24, 2.45) is 0 Å². The molecule has 0 aliphatic carbocycles. The number of carbonyl (C=O) groups is 1. The summed E-state index contributed by atoms with van der Waals surface area (Å²) >= 11 is 1.52. The monoisotopic (exact) mass is 263 g/mol. The first-order valence-corrected chi connectivity index (χ1v) is 6.44. The Balaban J connectivity index is 2.23. The van der Waals surface area contributed by atoms with Crippen LogP contribution in [0.15, 0.2) is 29.6 Å². The van der Waals surface area contributed by atoms with Crippen LogP contribution in [0, 0.1) is 0 Å². The van der Waals surface area contributed by atoms with Crippen molar-refractivity contribution < 1.29 is 14.6 Å². The molecule has 0 spiro atoms. The first-order chi connectivity index (χ1) is 8.70. The van der Waals surface area contributed by atoms with E-state index < -0.39 is 5.97 Å². The van der Waals surface area contributed by atoms with Crippen LogP contribution in [0.4, 0.5) is 0 Å². The van der Waals surface area contributed by atoms with Crippen LogP contribution < -0.4 is 0 Å². The Hall–Kier alpha value is -1.72. The molecule has 0 fully saturated rings. The molecule has 2 rings (SSSR count). The van der Waals surface area contributed by atoms with Gasteiger partial charge in [0.25, 0.3) is 0 Å². The first-order valence-electron chi connectivity index (χ1n) is 5.56. The standard InChI is InChI=1S/C13H13NO3S/c1-2-17-7-12-14-11(8-18-12)9-4-3-5-10(6-9)13(15)16/h3-6,8H,2,7H2,1H3,(H,15,16). The molecule has 0 bridgehead atoms. The minimum absolute atomic E-state index is 0.270. The molecule has 1 heterocycles. The Morgan fingerprint density at radius 1 is 1.50 bits per heavy atom. The minimum Gasteiger partial charge on any atom is -0.478 e. The van der Waals surface area contributed by atoms with Crippen molar-refractivity contribution in [2.75, 3.05) is 6.61 Å². The van der Waals surface area contributed by atoms with E-state index in [-0.39, 0.29) is 5.56 Å². The van der Waals surface area contributed by atoms with Crippen LogP contribution in [-0.2, 0) is 11.3 Å². The molecule has 1 aromatic heterocycles. The summed E-state index contributed by atoms with van der Waals surface area (Å²) in [6.07, 6.45) is 0. The van der Waals surface area contributed by atoms with Gasteiger partial charge in [-0.25, -0.2) is 9.78 Å². The second-order valence-corrected chi connectivity index (χ2v) is 4.59. The van der Waals surface area contributed by atoms with Crippen molar-refractivity contribution in [3.8, 4) is 11.3 Å². The van der Waals surface area contributed by atoms with Crippen LogP contribution in [-0.4, -0.2) is 22.7 Å². The molecule has 0 aliphatic heterocycles. The number of carboxylic acid groups (broad SMARTS) is 1. The molecule has 18 heavy (non-hydrogen) atoms. The van der Waals surface area contributed by atoms with E-state index in [0.717, 1.165) is 16.3 Å². The Bertz CT molecular complexity index is 551. The molecular weight excluding hydrogens is 250 g/mol. The van der Waals surface area contributed by atoms with E-state index in [9.17, 15) is 4.79 Å². The normalized spacial score (nSPS) is 10.5. The number of nitrogens with zero attached hydrogens (tertiary/aromatic N) is 1. The number of rotatable bonds is 5. The second kappa shape index (κ2) is 5.75. The van der Waals surface area contributed by atoms with Crippen molar-refractivity contribution in [2.45, 2.75) is 13.5 Å². The number of hydrogen-bond donors (Lipinski definition) is 1. The summed E-state index contributed by atoms with van der Waals surface area (Å²) in [5, 5.41) is 11.7.